The van der Waals surface area contributed by atoms with E-state index < -0.39 is 0 Å². The van der Waals surface area contributed by atoms with E-state index in [1.165, 1.54) is 11.3 Å². The SMILES string of the molecule is C[C@@H](N)c1ccc(OCc2nc3ccsc3c(=O)[nH]2)cc1. The van der Waals surface area contributed by atoms with Crippen molar-refractivity contribution in [2.24, 2.45) is 5.73 Å². The minimum absolute atomic E-state index is 0.00179. The number of thiophene rings is 1. The Labute approximate surface area is 125 Å². The molecule has 3 rings (SSSR count). The van der Waals surface area contributed by atoms with Gasteiger partial charge in [-0.2, -0.15) is 0 Å². The second-order valence-corrected chi connectivity index (χ2v) is 5.71. The highest BCUT2D eigenvalue weighted by molar-refractivity contribution is 7.17. The Bertz CT molecular complexity index is 806. The predicted octanol–water partition coefficient (Wildman–Crippen LogP) is 2.58. The second kappa shape index (κ2) is 5.67. The van der Waals surface area contributed by atoms with Crippen LogP contribution >= 0.6 is 11.3 Å². The van der Waals surface area contributed by atoms with Gasteiger partial charge in [0.05, 0.1) is 5.52 Å². The minimum atomic E-state index is -0.124. The van der Waals surface area contributed by atoms with Gasteiger partial charge >= 0.3 is 0 Å². The molecule has 1 atom stereocenters. The number of nitrogens with one attached hydrogen (secondary N) is 1. The molecule has 0 spiro atoms. The van der Waals surface area contributed by atoms with E-state index in [-0.39, 0.29) is 18.2 Å². The summed E-state index contributed by atoms with van der Waals surface area (Å²) < 4.78 is 6.28. The molecule has 0 aliphatic carbocycles. The van der Waals surface area contributed by atoms with Crippen LogP contribution in [0.3, 0.4) is 0 Å². The molecular weight excluding hydrogens is 286 g/mol. The predicted molar refractivity (Wildman–Crippen MR) is 83.6 cm³/mol. The fraction of sp³-hybridized carbons (Fsp3) is 0.200. The van der Waals surface area contributed by atoms with Crippen molar-refractivity contribution in [1.29, 1.82) is 0 Å². The van der Waals surface area contributed by atoms with Crippen LogP contribution in [0.2, 0.25) is 0 Å². The van der Waals surface area contributed by atoms with E-state index in [1.54, 1.807) is 0 Å². The molecule has 0 radical (unpaired) electrons. The van der Waals surface area contributed by atoms with Gasteiger partial charge in [0.2, 0.25) is 0 Å². The smallest absolute Gasteiger partial charge is 0.268 e. The molecule has 5 nitrogen and oxygen atoms in total. The number of fused-ring (bicyclic) bond motifs is 1. The van der Waals surface area contributed by atoms with Crippen LogP contribution in [0.5, 0.6) is 5.75 Å². The lowest BCUT2D eigenvalue weighted by Gasteiger charge is -2.08. The Kier molecular flexibility index (Phi) is 3.72. The first-order chi connectivity index (χ1) is 10.1. The van der Waals surface area contributed by atoms with Crippen LogP contribution in [0.25, 0.3) is 10.2 Å². The van der Waals surface area contributed by atoms with Gasteiger partial charge in [0.25, 0.3) is 5.56 Å². The maximum Gasteiger partial charge on any atom is 0.268 e. The van der Waals surface area contributed by atoms with Crippen LogP contribution in [-0.4, -0.2) is 9.97 Å². The number of hydrogen-bond donors (Lipinski definition) is 2. The molecule has 0 saturated heterocycles. The van der Waals surface area contributed by atoms with Crippen LogP contribution in [0.15, 0.2) is 40.5 Å². The first-order valence-corrected chi connectivity index (χ1v) is 7.46. The summed E-state index contributed by atoms with van der Waals surface area (Å²) >= 11 is 1.38. The lowest BCUT2D eigenvalue weighted by atomic mass is 10.1. The number of nitrogens with zero attached hydrogens (tertiary/aromatic N) is 1. The van der Waals surface area contributed by atoms with E-state index in [9.17, 15) is 4.79 Å². The minimum Gasteiger partial charge on any atom is -0.486 e. The number of H-pyrrole nitrogens is 1. The normalized spacial score (nSPS) is 12.5. The third-order valence-corrected chi connectivity index (χ3v) is 4.05. The number of aromatic nitrogens is 2. The zero-order valence-corrected chi connectivity index (χ0v) is 12.3. The van der Waals surface area contributed by atoms with Crippen molar-refractivity contribution in [3.63, 3.8) is 0 Å². The van der Waals surface area contributed by atoms with Crippen LogP contribution in [0, 0.1) is 0 Å². The van der Waals surface area contributed by atoms with Crippen molar-refractivity contribution in [2.75, 3.05) is 0 Å². The average molecular weight is 301 g/mol. The first kappa shape index (κ1) is 13.8. The standard InChI is InChI=1S/C15H15N3O2S/c1-9(16)10-2-4-11(5-3-10)20-8-13-17-12-6-7-21-14(12)15(19)18-13/h2-7,9H,8,16H2,1H3,(H,17,18,19)/t9-/m1/s1. The van der Waals surface area contributed by atoms with Gasteiger partial charge in [-0.1, -0.05) is 12.1 Å². The third kappa shape index (κ3) is 2.96. The Balaban J connectivity index is 1.75. The molecule has 0 saturated carbocycles. The zero-order chi connectivity index (χ0) is 14.8. The summed E-state index contributed by atoms with van der Waals surface area (Å²) in [5.74, 6) is 1.23. The van der Waals surface area contributed by atoms with Crippen molar-refractivity contribution >= 4 is 21.6 Å². The van der Waals surface area contributed by atoms with E-state index in [1.807, 2.05) is 42.6 Å². The van der Waals surface area contributed by atoms with Gasteiger partial charge in [-0.25, -0.2) is 4.98 Å². The molecule has 0 amide bonds. The number of aromatic amines is 1. The van der Waals surface area contributed by atoms with Crippen molar-refractivity contribution < 1.29 is 4.74 Å². The number of ether oxygens (including phenoxy) is 1. The molecule has 0 aliphatic heterocycles. The van der Waals surface area contributed by atoms with Crippen molar-refractivity contribution in [2.45, 2.75) is 19.6 Å². The van der Waals surface area contributed by atoms with Gasteiger partial charge in [-0.05, 0) is 36.1 Å². The summed E-state index contributed by atoms with van der Waals surface area (Å²) in [6, 6.07) is 9.41. The lowest BCUT2D eigenvalue weighted by molar-refractivity contribution is 0.296. The highest BCUT2D eigenvalue weighted by Gasteiger charge is 2.06. The van der Waals surface area contributed by atoms with Crippen LogP contribution < -0.4 is 16.0 Å². The number of nitrogens with two attached hydrogens (primary N) is 1. The highest BCUT2D eigenvalue weighted by atomic mass is 32.1. The molecule has 0 bridgehead atoms. The van der Waals surface area contributed by atoms with E-state index in [0.29, 0.717) is 21.8 Å². The first-order valence-electron chi connectivity index (χ1n) is 6.58. The van der Waals surface area contributed by atoms with Crippen molar-refractivity contribution in [3.05, 3.63) is 57.5 Å². The second-order valence-electron chi connectivity index (χ2n) is 4.79. The van der Waals surface area contributed by atoms with Gasteiger partial charge in [-0.3, -0.25) is 4.79 Å². The lowest BCUT2D eigenvalue weighted by Crippen LogP contribution is -2.12. The van der Waals surface area contributed by atoms with Gasteiger partial charge in [-0.15, -0.1) is 11.3 Å². The van der Waals surface area contributed by atoms with Crippen LogP contribution in [0.4, 0.5) is 0 Å². The van der Waals surface area contributed by atoms with Gasteiger partial charge in [0.15, 0.2) is 0 Å². The summed E-state index contributed by atoms with van der Waals surface area (Å²) in [4.78, 5) is 18.9. The molecule has 21 heavy (non-hydrogen) atoms. The van der Waals surface area contributed by atoms with E-state index in [0.717, 1.165) is 5.56 Å². The van der Waals surface area contributed by atoms with Gasteiger partial charge in [0.1, 0.15) is 22.9 Å². The summed E-state index contributed by atoms with van der Waals surface area (Å²) in [6.45, 7) is 2.15. The summed E-state index contributed by atoms with van der Waals surface area (Å²) in [5.41, 5.74) is 7.43. The highest BCUT2D eigenvalue weighted by Crippen LogP contribution is 2.17. The topological polar surface area (TPSA) is 81.0 Å². The molecule has 2 heterocycles. The molecule has 0 aliphatic rings. The van der Waals surface area contributed by atoms with E-state index in [2.05, 4.69) is 9.97 Å². The molecule has 0 unspecified atom stereocenters. The Hall–Kier alpha value is -2.18. The monoisotopic (exact) mass is 301 g/mol. The largest absolute Gasteiger partial charge is 0.486 e. The zero-order valence-electron chi connectivity index (χ0n) is 11.5. The molecule has 1 aromatic carbocycles. The van der Waals surface area contributed by atoms with Crippen LogP contribution in [0.1, 0.15) is 24.4 Å². The van der Waals surface area contributed by atoms with Crippen molar-refractivity contribution in [3.8, 4) is 5.75 Å². The Morgan fingerprint density at radius 3 is 2.81 bits per heavy atom. The molecule has 0 fully saturated rings. The van der Waals surface area contributed by atoms with E-state index in [4.69, 9.17) is 10.5 Å². The molecule has 6 heteroatoms. The molecule has 3 aromatic rings. The molecule has 3 N–H and O–H groups in total. The maximum absolute atomic E-state index is 11.8. The fourth-order valence-corrected chi connectivity index (χ4v) is 2.73. The number of hydrogen-bond acceptors (Lipinski definition) is 5. The van der Waals surface area contributed by atoms with Gasteiger partial charge < -0.3 is 15.5 Å². The summed E-state index contributed by atoms with van der Waals surface area (Å²) in [7, 11) is 0. The fourth-order valence-electron chi connectivity index (χ4n) is 2.01. The maximum atomic E-state index is 11.8. The third-order valence-electron chi connectivity index (χ3n) is 3.15. The molecular formula is C15H15N3O2S. The van der Waals surface area contributed by atoms with E-state index >= 15 is 0 Å². The quantitative estimate of drug-likeness (QED) is 0.776. The average Bonchev–Trinajstić information content (AvgIpc) is 2.94. The number of benzene rings is 1. The summed E-state index contributed by atoms with van der Waals surface area (Å²) in [6.07, 6.45) is 0. The Morgan fingerprint density at radius 2 is 2.10 bits per heavy atom. The summed E-state index contributed by atoms with van der Waals surface area (Å²) in [5, 5.41) is 1.85. The molecule has 108 valence electrons. The van der Waals surface area contributed by atoms with Crippen molar-refractivity contribution in [1.82, 2.24) is 9.97 Å². The van der Waals surface area contributed by atoms with Gasteiger partial charge in [0, 0.05) is 6.04 Å². The Morgan fingerprint density at radius 1 is 1.33 bits per heavy atom. The molecule has 2 aromatic heterocycles. The number of rotatable bonds is 4. The van der Waals surface area contributed by atoms with Crippen LogP contribution in [-0.2, 0) is 6.61 Å².